The van der Waals surface area contributed by atoms with E-state index in [4.69, 9.17) is 10.00 Å². The molecule has 0 radical (unpaired) electrons. The molecule has 1 atom stereocenters. The molecule has 25 heavy (non-hydrogen) atoms. The molecule has 0 aliphatic carbocycles. The molecule has 1 unspecified atom stereocenters. The van der Waals surface area contributed by atoms with E-state index in [1.54, 1.807) is 17.5 Å². The maximum absolute atomic E-state index is 11.0. The molecule has 1 amide bonds. The van der Waals surface area contributed by atoms with E-state index in [0.29, 0.717) is 6.54 Å². The Bertz CT molecular complexity index is 783. The number of pyridine rings is 1. The fraction of sp³-hybridized carbons (Fsp3) is 0.389. The van der Waals surface area contributed by atoms with E-state index in [1.165, 1.54) is 11.8 Å². The molecule has 6 nitrogen and oxygen atoms in total. The highest BCUT2D eigenvalue weighted by atomic mass is 32.1. The lowest BCUT2D eigenvalue weighted by Crippen LogP contribution is -2.24. The smallest absolute Gasteiger partial charge is 0.217 e. The van der Waals surface area contributed by atoms with Gasteiger partial charge in [0, 0.05) is 43.7 Å². The minimum Gasteiger partial charge on any atom is -0.489 e. The minimum absolute atomic E-state index is 0.0762. The van der Waals surface area contributed by atoms with Crippen molar-refractivity contribution in [3.63, 3.8) is 0 Å². The third kappa shape index (κ3) is 5.02. The molecule has 0 saturated carbocycles. The lowest BCUT2D eigenvalue weighted by atomic mass is 10.3. The molecule has 1 aliphatic rings. The predicted molar refractivity (Wildman–Crippen MR) is 95.1 cm³/mol. The number of carbonyl (C=O) groups is 1. The molecule has 7 heteroatoms. The van der Waals surface area contributed by atoms with Crippen LogP contribution in [0.5, 0.6) is 5.75 Å². The summed E-state index contributed by atoms with van der Waals surface area (Å²) in [7, 11) is 0. The number of likely N-dealkylation sites (tertiary alicyclic amines) is 1. The number of hydrogen-bond donors (Lipinski definition) is 1. The fourth-order valence-corrected chi connectivity index (χ4v) is 3.66. The second kappa shape index (κ2) is 8.10. The van der Waals surface area contributed by atoms with Gasteiger partial charge in [0.05, 0.1) is 12.2 Å². The van der Waals surface area contributed by atoms with Crippen molar-refractivity contribution in [2.45, 2.75) is 32.5 Å². The Morgan fingerprint density at radius 1 is 1.52 bits per heavy atom. The molecule has 130 valence electrons. The molecule has 1 aliphatic heterocycles. The van der Waals surface area contributed by atoms with Crippen molar-refractivity contribution < 1.29 is 9.53 Å². The summed E-state index contributed by atoms with van der Waals surface area (Å²) >= 11 is 1.55. The van der Waals surface area contributed by atoms with Crippen LogP contribution >= 0.6 is 11.3 Å². The zero-order valence-electron chi connectivity index (χ0n) is 14.1. The third-order valence-corrected chi connectivity index (χ3v) is 4.96. The van der Waals surface area contributed by atoms with Crippen LogP contribution in [0.2, 0.25) is 0 Å². The van der Waals surface area contributed by atoms with Crippen LogP contribution in [0.1, 0.15) is 28.8 Å². The van der Waals surface area contributed by atoms with Gasteiger partial charge >= 0.3 is 0 Å². The van der Waals surface area contributed by atoms with Gasteiger partial charge in [-0.25, -0.2) is 0 Å². The molecule has 0 spiro atoms. The first-order chi connectivity index (χ1) is 12.1. The van der Waals surface area contributed by atoms with Crippen LogP contribution in [0.15, 0.2) is 30.5 Å². The van der Waals surface area contributed by atoms with E-state index < -0.39 is 0 Å². The highest BCUT2D eigenvalue weighted by Crippen LogP contribution is 2.23. The summed E-state index contributed by atoms with van der Waals surface area (Å²) in [5.41, 5.74) is 0.783. The van der Waals surface area contributed by atoms with Crippen LogP contribution < -0.4 is 10.1 Å². The molecule has 3 heterocycles. The summed E-state index contributed by atoms with van der Waals surface area (Å²) in [6.45, 7) is 4.59. The maximum Gasteiger partial charge on any atom is 0.217 e. The van der Waals surface area contributed by atoms with Gasteiger partial charge in [0.2, 0.25) is 5.91 Å². The average molecular weight is 356 g/mol. The van der Waals surface area contributed by atoms with Crippen molar-refractivity contribution >= 4 is 17.2 Å². The lowest BCUT2D eigenvalue weighted by molar-refractivity contribution is -0.119. The number of carbonyl (C=O) groups excluding carboxylic acids is 1. The zero-order chi connectivity index (χ0) is 17.6. The SMILES string of the molecule is CC(=O)NCc1cc(OC2CCN(Cc3ccc(C#N)s3)C2)ccn1. The maximum atomic E-state index is 11.0. The molecule has 1 fully saturated rings. The van der Waals surface area contributed by atoms with Gasteiger partial charge in [0.1, 0.15) is 22.8 Å². The Morgan fingerprint density at radius 3 is 3.16 bits per heavy atom. The average Bonchev–Trinajstić information content (AvgIpc) is 3.23. The number of nitriles is 1. The first kappa shape index (κ1) is 17.4. The Hall–Kier alpha value is -2.43. The predicted octanol–water partition coefficient (Wildman–Crippen LogP) is 2.30. The van der Waals surface area contributed by atoms with Crippen molar-refractivity contribution in [2.75, 3.05) is 13.1 Å². The van der Waals surface area contributed by atoms with Crippen molar-refractivity contribution in [3.05, 3.63) is 45.9 Å². The summed E-state index contributed by atoms with van der Waals surface area (Å²) in [5.74, 6) is 0.706. The van der Waals surface area contributed by atoms with E-state index in [1.807, 2.05) is 24.3 Å². The van der Waals surface area contributed by atoms with Crippen molar-refractivity contribution in [2.24, 2.45) is 0 Å². The monoisotopic (exact) mass is 356 g/mol. The van der Waals surface area contributed by atoms with E-state index >= 15 is 0 Å². The van der Waals surface area contributed by atoms with Crippen LogP contribution in [0, 0.1) is 11.3 Å². The molecule has 2 aromatic rings. The van der Waals surface area contributed by atoms with Crippen molar-refractivity contribution in [1.29, 1.82) is 5.26 Å². The number of rotatable bonds is 6. The van der Waals surface area contributed by atoms with Crippen LogP contribution in [-0.2, 0) is 17.9 Å². The molecule has 0 aromatic carbocycles. The van der Waals surface area contributed by atoms with E-state index in [0.717, 1.165) is 42.4 Å². The van der Waals surface area contributed by atoms with Crippen LogP contribution in [-0.4, -0.2) is 35.0 Å². The molecule has 0 bridgehead atoms. The standard InChI is InChI=1S/C18H20N4O2S/c1-13(23)21-10-14-8-15(4-6-20-14)24-16-5-7-22(11-16)12-18-3-2-17(9-19)25-18/h2-4,6,8,16H,5,7,10-12H2,1H3,(H,21,23). The Balaban J connectivity index is 1.51. The number of aromatic nitrogens is 1. The van der Waals surface area contributed by atoms with Gasteiger partial charge in [-0.2, -0.15) is 5.26 Å². The van der Waals surface area contributed by atoms with Crippen LogP contribution in [0.25, 0.3) is 0 Å². The summed E-state index contributed by atoms with van der Waals surface area (Å²) in [5, 5.41) is 11.6. The van der Waals surface area contributed by atoms with Crippen LogP contribution in [0.4, 0.5) is 0 Å². The van der Waals surface area contributed by atoms with E-state index in [9.17, 15) is 4.79 Å². The quantitative estimate of drug-likeness (QED) is 0.859. The third-order valence-electron chi connectivity index (χ3n) is 3.99. The summed E-state index contributed by atoms with van der Waals surface area (Å²) in [4.78, 5) is 19.5. The summed E-state index contributed by atoms with van der Waals surface area (Å²) in [6.07, 6.45) is 2.82. The number of ether oxygens (including phenoxy) is 1. The lowest BCUT2D eigenvalue weighted by Gasteiger charge is -2.16. The van der Waals surface area contributed by atoms with Gasteiger partial charge in [0.15, 0.2) is 0 Å². The Kier molecular flexibility index (Phi) is 5.64. The highest BCUT2D eigenvalue weighted by molar-refractivity contribution is 7.12. The minimum atomic E-state index is -0.0762. The van der Waals surface area contributed by atoms with Gasteiger partial charge in [-0.1, -0.05) is 0 Å². The van der Waals surface area contributed by atoms with Gasteiger partial charge in [-0.15, -0.1) is 11.3 Å². The molecule has 3 rings (SSSR count). The van der Waals surface area contributed by atoms with Gasteiger partial charge in [-0.3, -0.25) is 14.7 Å². The largest absolute Gasteiger partial charge is 0.489 e. The number of hydrogen-bond acceptors (Lipinski definition) is 6. The van der Waals surface area contributed by atoms with Gasteiger partial charge in [0.25, 0.3) is 0 Å². The highest BCUT2D eigenvalue weighted by Gasteiger charge is 2.24. The second-order valence-electron chi connectivity index (χ2n) is 6.03. The molecule has 2 aromatic heterocycles. The summed E-state index contributed by atoms with van der Waals surface area (Å²) < 4.78 is 6.07. The molecular formula is C18H20N4O2S. The van der Waals surface area contributed by atoms with E-state index in [-0.39, 0.29) is 12.0 Å². The number of nitrogens with one attached hydrogen (secondary N) is 1. The first-order valence-electron chi connectivity index (χ1n) is 8.19. The number of nitrogens with zero attached hydrogens (tertiary/aromatic N) is 3. The Labute approximate surface area is 151 Å². The number of amides is 1. The molecule has 1 N–H and O–H groups in total. The first-order valence-corrected chi connectivity index (χ1v) is 9.01. The van der Waals surface area contributed by atoms with Gasteiger partial charge < -0.3 is 10.1 Å². The van der Waals surface area contributed by atoms with Crippen LogP contribution in [0.3, 0.4) is 0 Å². The van der Waals surface area contributed by atoms with E-state index in [2.05, 4.69) is 21.3 Å². The normalized spacial score (nSPS) is 17.2. The zero-order valence-corrected chi connectivity index (χ0v) is 14.9. The topological polar surface area (TPSA) is 78.2 Å². The number of thiophene rings is 1. The fourth-order valence-electron chi connectivity index (χ4n) is 2.81. The summed E-state index contributed by atoms with van der Waals surface area (Å²) in [6, 6.07) is 9.79. The molecular weight excluding hydrogens is 336 g/mol. The van der Waals surface area contributed by atoms with Gasteiger partial charge in [-0.05, 0) is 24.6 Å². The molecule has 1 saturated heterocycles. The van der Waals surface area contributed by atoms with Crippen molar-refractivity contribution in [3.8, 4) is 11.8 Å². The second-order valence-corrected chi connectivity index (χ2v) is 7.20. The Morgan fingerprint density at radius 2 is 2.40 bits per heavy atom. The van der Waals surface area contributed by atoms with Crippen molar-refractivity contribution in [1.82, 2.24) is 15.2 Å².